The molecule has 0 aromatic rings. The van der Waals surface area contributed by atoms with Gasteiger partial charge < -0.3 is 24.2 Å². The normalized spacial score (nSPS) is 14.1. The van der Waals surface area contributed by atoms with Gasteiger partial charge in [0.2, 0.25) is 0 Å². The van der Waals surface area contributed by atoms with E-state index >= 15 is 0 Å². The number of carbonyl (C=O) groups is 3. The van der Waals surface area contributed by atoms with Crippen molar-refractivity contribution in [3.05, 3.63) is 109 Å². The van der Waals surface area contributed by atoms with Crippen LogP contribution >= 0.6 is 7.82 Å². The Morgan fingerprint density at radius 2 is 0.737 bits per heavy atom. The van der Waals surface area contributed by atoms with Crippen molar-refractivity contribution in [1.82, 2.24) is 0 Å². The molecule has 0 saturated heterocycles. The molecule has 434 valence electrons. The van der Waals surface area contributed by atoms with Crippen LogP contribution in [-0.2, 0) is 42.2 Å². The third kappa shape index (κ3) is 54.9. The Balaban J connectivity index is 4.85. The lowest BCUT2D eigenvalue weighted by molar-refractivity contribution is -0.161. The van der Waals surface area contributed by atoms with E-state index in [0.717, 1.165) is 122 Å². The molecule has 0 bridgehead atoms. The molecule has 0 fully saturated rings. The van der Waals surface area contributed by atoms with Crippen LogP contribution in [0.2, 0.25) is 0 Å². The van der Waals surface area contributed by atoms with E-state index in [4.69, 9.17) is 23.3 Å². The Bertz CT molecular complexity index is 1690. The number of ether oxygens (including phenoxy) is 3. The van der Waals surface area contributed by atoms with Crippen LogP contribution in [0.3, 0.4) is 0 Å². The van der Waals surface area contributed by atoms with E-state index in [0.29, 0.717) is 19.3 Å². The molecule has 0 heterocycles. The van der Waals surface area contributed by atoms with Crippen molar-refractivity contribution >= 4 is 25.7 Å². The monoisotopic (exact) mass is 1080 g/mol. The number of aliphatic hydroxyl groups is 1. The second-order valence-corrected chi connectivity index (χ2v) is 20.9. The molecule has 0 saturated carbocycles. The first-order valence-corrected chi connectivity index (χ1v) is 31.3. The molecule has 3 atom stereocenters. The van der Waals surface area contributed by atoms with Crippen LogP contribution in [0.1, 0.15) is 239 Å². The molecule has 0 aromatic heterocycles. The van der Waals surface area contributed by atoms with E-state index in [1.165, 1.54) is 57.8 Å². The molecule has 11 nitrogen and oxygen atoms in total. The van der Waals surface area contributed by atoms with Gasteiger partial charge in [0.15, 0.2) is 6.10 Å². The number of aliphatic hydroxyl groups excluding tert-OH is 1. The minimum atomic E-state index is -4.78. The highest BCUT2D eigenvalue weighted by Gasteiger charge is 2.28. The fourth-order valence-corrected chi connectivity index (χ4v) is 8.43. The van der Waals surface area contributed by atoms with Gasteiger partial charge in [-0.25, -0.2) is 4.57 Å². The first-order valence-electron chi connectivity index (χ1n) is 29.8. The number of carbonyl (C=O) groups excluding carboxylic acids is 3. The lowest BCUT2D eigenvalue weighted by Crippen LogP contribution is -2.30. The van der Waals surface area contributed by atoms with Crippen molar-refractivity contribution in [3.8, 4) is 0 Å². The van der Waals surface area contributed by atoms with Gasteiger partial charge in [-0.2, -0.15) is 0 Å². The Morgan fingerprint density at radius 1 is 0.382 bits per heavy atom. The Labute approximate surface area is 463 Å². The fourth-order valence-electron chi connectivity index (χ4n) is 7.65. The van der Waals surface area contributed by atoms with Gasteiger partial charge in [-0.3, -0.25) is 23.4 Å². The minimum Gasteiger partial charge on any atom is -0.462 e. The summed E-state index contributed by atoms with van der Waals surface area (Å²) in [5, 5.41) is 9.81. The van der Waals surface area contributed by atoms with Gasteiger partial charge in [0.25, 0.3) is 0 Å². The summed E-state index contributed by atoms with van der Waals surface area (Å²) in [6, 6.07) is 0. The van der Waals surface area contributed by atoms with Crippen LogP contribution in [-0.4, -0.2) is 66.5 Å². The zero-order valence-corrected chi connectivity index (χ0v) is 48.8. The number of esters is 3. The van der Waals surface area contributed by atoms with E-state index in [-0.39, 0.29) is 25.9 Å². The summed E-state index contributed by atoms with van der Waals surface area (Å²) in [6.45, 7) is 4.36. The van der Waals surface area contributed by atoms with Crippen molar-refractivity contribution < 1.29 is 52.2 Å². The average Bonchev–Trinajstić information content (AvgIpc) is 3.41. The summed E-state index contributed by atoms with van der Waals surface area (Å²) in [5.41, 5.74) is 0. The van der Waals surface area contributed by atoms with Crippen LogP contribution in [0, 0.1) is 0 Å². The molecule has 0 aliphatic heterocycles. The second-order valence-electron chi connectivity index (χ2n) is 19.4. The second kappa shape index (κ2) is 57.3. The SMILES string of the molecule is CC/C=C\C/C=C\C/C=C\C/C=C\C/C=C\C/C=C\CCC(=O)OCC(COP(=O)(O)OCC(CO)OC(=O)CCCCCCC/C=C\C/C=C\CCC)OC(=O)CCCCCCCCC/C=C\CCCCCCCC. The predicted octanol–water partition coefficient (Wildman–Crippen LogP) is 17.8. The highest BCUT2D eigenvalue weighted by molar-refractivity contribution is 7.47. The maximum atomic E-state index is 12.9. The van der Waals surface area contributed by atoms with Crippen molar-refractivity contribution in [2.45, 2.75) is 251 Å². The van der Waals surface area contributed by atoms with Crippen molar-refractivity contribution in [1.29, 1.82) is 0 Å². The van der Waals surface area contributed by atoms with Crippen LogP contribution in [0.15, 0.2) is 109 Å². The number of phosphoric ester groups is 1. The third-order valence-electron chi connectivity index (χ3n) is 12.1. The van der Waals surface area contributed by atoms with Crippen LogP contribution in [0.4, 0.5) is 0 Å². The molecule has 0 spiro atoms. The molecule has 0 aliphatic rings. The first-order chi connectivity index (χ1) is 37.2. The smallest absolute Gasteiger partial charge is 0.462 e. The van der Waals surface area contributed by atoms with Crippen molar-refractivity contribution in [2.24, 2.45) is 0 Å². The van der Waals surface area contributed by atoms with Gasteiger partial charge >= 0.3 is 25.7 Å². The quantitative estimate of drug-likeness (QED) is 0.0197. The largest absolute Gasteiger partial charge is 0.472 e. The molecule has 2 N–H and O–H groups in total. The average molecular weight is 1080 g/mol. The van der Waals surface area contributed by atoms with Crippen molar-refractivity contribution in [2.75, 3.05) is 26.4 Å². The van der Waals surface area contributed by atoms with Gasteiger partial charge in [0.1, 0.15) is 12.7 Å². The zero-order valence-electron chi connectivity index (χ0n) is 47.9. The zero-order chi connectivity index (χ0) is 55.5. The number of phosphoric acid groups is 1. The lowest BCUT2D eigenvalue weighted by atomic mass is 10.1. The van der Waals surface area contributed by atoms with Gasteiger partial charge in [-0.1, -0.05) is 220 Å². The Morgan fingerprint density at radius 3 is 1.17 bits per heavy atom. The fraction of sp³-hybridized carbons (Fsp3) is 0.672. The lowest BCUT2D eigenvalue weighted by Gasteiger charge is -2.21. The molecule has 0 aliphatic carbocycles. The molecular formula is C64H107O11P. The molecule has 0 rings (SSSR count). The Hall–Kier alpha value is -3.86. The maximum absolute atomic E-state index is 12.9. The van der Waals surface area contributed by atoms with Gasteiger partial charge in [0, 0.05) is 19.3 Å². The first kappa shape index (κ1) is 72.1. The number of allylic oxidation sites excluding steroid dienone is 18. The van der Waals surface area contributed by atoms with E-state index in [9.17, 15) is 28.9 Å². The third-order valence-corrected chi connectivity index (χ3v) is 13.1. The maximum Gasteiger partial charge on any atom is 0.472 e. The standard InChI is InChI=1S/C64H107O11P/c1-4-7-10-13-16-19-22-25-27-29-30-32-33-36-38-41-44-47-50-53-62(66)71-57-61(75-64(68)55-52-49-46-43-40-37-34-31-28-26-23-20-17-14-11-8-5-2)59-73-76(69,70)72-58-60(56-65)74-63(67)54-51-48-45-42-39-35-24-21-18-15-12-9-6-3/h7,10,12,15-16,19,21,24-28,30,32,36,38,44,47,60-61,65H,4-6,8-9,11,13-14,17-18,20,22-23,29,31,33-35,37,39-43,45-46,48-59H2,1-3H3,(H,69,70)/b10-7-,15-12-,19-16-,24-21-,27-25-,28-26-,32-30-,38-36-,47-44-. The number of hydrogen-bond donors (Lipinski definition) is 2. The molecule has 12 heteroatoms. The summed E-state index contributed by atoms with van der Waals surface area (Å²) in [6.07, 6.45) is 69.2. The molecule has 0 aromatic carbocycles. The van der Waals surface area contributed by atoms with Crippen molar-refractivity contribution in [3.63, 3.8) is 0 Å². The molecule has 76 heavy (non-hydrogen) atoms. The number of hydrogen-bond acceptors (Lipinski definition) is 10. The molecule has 3 unspecified atom stereocenters. The van der Waals surface area contributed by atoms with Crippen LogP contribution in [0.25, 0.3) is 0 Å². The van der Waals surface area contributed by atoms with E-state index in [1.807, 2.05) is 12.2 Å². The topological polar surface area (TPSA) is 155 Å². The summed E-state index contributed by atoms with van der Waals surface area (Å²) in [5.74, 6) is -1.59. The summed E-state index contributed by atoms with van der Waals surface area (Å²) in [7, 11) is -4.78. The highest BCUT2D eigenvalue weighted by atomic mass is 31.2. The Kier molecular flexibility index (Phi) is 54.4. The predicted molar refractivity (Wildman–Crippen MR) is 316 cm³/mol. The van der Waals surface area contributed by atoms with Gasteiger partial charge in [-0.05, 0) is 109 Å². The molecule has 0 radical (unpaired) electrons. The van der Waals surface area contributed by atoms with Gasteiger partial charge in [-0.15, -0.1) is 0 Å². The molecule has 0 amide bonds. The molecular weight excluding hydrogens is 976 g/mol. The van der Waals surface area contributed by atoms with Gasteiger partial charge in [0.05, 0.1) is 19.8 Å². The van der Waals surface area contributed by atoms with E-state index in [2.05, 4.69) is 118 Å². The summed E-state index contributed by atoms with van der Waals surface area (Å²) < 4.78 is 39.5. The number of unbranched alkanes of at least 4 members (excludes halogenated alkanes) is 19. The van der Waals surface area contributed by atoms with E-state index < -0.39 is 57.8 Å². The summed E-state index contributed by atoms with van der Waals surface area (Å²) in [4.78, 5) is 48.6. The number of rotatable bonds is 54. The van der Waals surface area contributed by atoms with Crippen LogP contribution in [0.5, 0.6) is 0 Å². The minimum absolute atomic E-state index is 0.0952. The van der Waals surface area contributed by atoms with Crippen LogP contribution < -0.4 is 0 Å². The summed E-state index contributed by atoms with van der Waals surface area (Å²) >= 11 is 0. The van der Waals surface area contributed by atoms with E-state index in [1.54, 1.807) is 0 Å². The highest BCUT2D eigenvalue weighted by Crippen LogP contribution is 2.43.